The summed E-state index contributed by atoms with van der Waals surface area (Å²) in [5.41, 5.74) is 7.00. The predicted octanol–water partition coefficient (Wildman–Crippen LogP) is 0.754. The van der Waals surface area contributed by atoms with Crippen LogP contribution in [0.2, 0.25) is 0 Å². The molecule has 3 heterocycles. The number of carbonyl (C=O) groups is 2. The smallest absolute Gasteiger partial charge is 0.241 e. The maximum Gasteiger partial charge on any atom is 0.241 e. The molecule has 0 bridgehead atoms. The highest BCUT2D eigenvalue weighted by atomic mass is 16.2. The molecule has 1 aromatic rings. The Balaban J connectivity index is 1.72. The van der Waals surface area contributed by atoms with E-state index in [0.29, 0.717) is 0 Å². The predicted molar refractivity (Wildman–Crippen MR) is 101 cm³/mol. The SMILES string of the molecule is NC(CN(C(=O)C1CCNCC1)c1ccncc1)C(=O)N1CCCCC1. The maximum absolute atomic E-state index is 13.1. The minimum atomic E-state index is -0.702. The van der Waals surface area contributed by atoms with Crippen LogP contribution in [0.25, 0.3) is 0 Å². The van der Waals surface area contributed by atoms with Crippen molar-refractivity contribution in [3.63, 3.8) is 0 Å². The van der Waals surface area contributed by atoms with Gasteiger partial charge in [0.1, 0.15) is 6.04 Å². The number of hydrogen-bond acceptors (Lipinski definition) is 5. The van der Waals surface area contributed by atoms with Crippen molar-refractivity contribution in [1.29, 1.82) is 0 Å². The van der Waals surface area contributed by atoms with Crippen molar-refractivity contribution in [3.05, 3.63) is 24.5 Å². The Morgan fingerprint density at radius 3 is 2.50 bits per heavy atom. The number of anilines is 1. The van der Waals surface area contributed by atoms with Gasteiger partial charge in [-0.3, -0.25) is 14.6 Å². The molecule has 3 rings (SSSR count). The number of piperidine rings is 2. The molecule has 2 aliphatic heterocycles. The third-order valence-corrected chi connectivity index (χ3v) is 5.29. The molecular formula is C19H29N5O2. The number of pyridine rings is 1. The van der Waals surface area contributed by atoms with Gasteiger partial charge in [-0.05, 0) is 57.3 Å². The Morgan fingerprint density at radius 1 is 1.19 bits per heavy atom. The first-order valence-electron chi connectivity index (χ1n) is 9.63. The van der Waals surface area contributed by atoms with E-state index in [4.69, 9.17) is 5.73 Å². The van der Waals surface area contributed by atoms with E-state index in [0.717, 1.165) is 64.0 Å². The standard InChI is InChI=1S/C19H29N5O2/c20-17(19(26)23-12-2-1-3-13-23)14-24(16-6-10-22-11-7-16)18(25)15-4-8-21-9-5-15/h6-7,10-11,15,17,21H,1-5,8-9,12-14,20H2. The number of nitrogens with zero attached hydrogens (tertiary/aromatic N) is 3. The highest BCUT2D eigenvalue weighted by molar-refractivity contribution is 5.96. The average Bonchev–Trinajstić information content (AvgIpc) is 2.72. The molecule has 7 nitrogen and oxygen atoms in total. The van der Waals surface area contributed by atoms with Gasteiger partial charge in [0.05, 0.1) is 6.54 Å². The molecule has 1 unspecified atom stereocenters. The summed E-state index contributed by atoms with van der Waals surface area (Å²) >= 11 is 0. The minimum absolute atomic E-state index is 0.0262. The van der Waals surface area contributed by atoms with Crippen LogP contribution in [-0.4, -0.2) is 60.5 Å². The fourth-order valence-corrected chi connectivity index (χ4v) is 3.76. The Kier molecular flexibility index (Phi) is 6.57. The zero-order valence-corrected chi connectivity index (χ0v) is 15.3. The van der Waals surface area contributed by atoms with E-state index in [9.17, 15) is 9.59 Å². The monoisotopic (exact) mass is 359 g/mol. The first-order valence-corrected chi connectivity index (χ1v) is 9.63. The summed E-state index contributed by atoms with van der Waals surface area (Å²) < 4.78 is 0. The third kappa shape index (κ3) is 4.59. The fraction of sp³-hybridized carbons (Fsp3) is 0.632. The summed E-state index contributed by atoms with van der Waals surface area (Å²) in [6, 6.07) is 2.90. The first-order chi connectivity index (χ1) is 12.7. The number of rotatable bonds is 5. The lowest BCUT2D eigenvalue weighted by molar-refractivity contribution is -0.133. The van der Waals surface area contributed by atoms with Crippen LogP contribution in [-0.2, 0) is 9.59 Å². The van der Waals surface area contributed by atoms with Crippen LogP contribution in [0.1, 0.15) is 32.1 Å². The molecule has 2 fully saturated rings. The number of nitrogens with one attached hydrogen (secondary N) is 1. The Hall–Kier alpha value is -1.99. The Morgan fingerprint density at radius 2 is 1.85 bits per heavy atom. The summed E-state index contributed by atoms with van der Waals surface area (Å²) in [6.07, 6.45) is 8.18. The van der Waals surface area contributed by atoms with Gasteiger partial charge in [0.2, 0.25) is 11.8 Å². The molecule has 0 radical (unpaired) electrons. The van der Waals surface area contributed by atoms with Crippen molar-refractivity contribution in [1.82, 2.24) is 15.2 Å². The van der Waals surface area contributed by atoms with Crippen LogP contribution >= 0.6 is 0 Å². The van der Waals surface area contributed by atoms with Crippen LogP contribution in [0.4, 0.5) is 5.69 Å². The molecular weight excluding hydrogens is 330 g/mol. The summed E-state index contributed by atoms with van der Waals surface area (Å²) in [6.45, 7) is 3.44. The van der Waals surface area contributed by atoms with Gasteiger partial charge in [-0.25, -0.2) is 0 Å². The number of hydrogen-bond donors (Lipinski definition) is 2. The molecule has 0 aromatic carbocycles. The second-order valence-electron chi connectivity index (χ2n) is 7.17. The van der Waals surface area contributed by atoms with Gasteiger partial charge in [-0.15, -0.1) is 0 Å². The molecule has 3 N–H and O–H groups in total. The van der Waals surface area contributed by atoms with E-state index in [1.165, 1.54) is 0 Å². The van der Waals surface area contributed by atoms with Crippen LogP contribution in [0.3, 0.4) is 0 Å². The lowest BCUT2D eigenvalue weighted by atomic mass is 9.96. The lowest BCUT2D eigenvalue weighted by Gasteiger charge is -2.33. The number of nitrogens with two attached hydrogens (primary N) is 1. The lowest BCUT2D eigenvalue weighted by Crippen LogP contribution is -2.53. The van der Waals surface area contributed by atoms with Crippen molar-refractivity contribution in [2.75, 3.05) is 37.6 Å². The van der Waals surface area contributed by atoms with Gasteiger partial charge in [-0.2, -0.15) is 0 Å². The Labute approximate surface area is 154 Å². The number of amides is 2. The van der Waals surface area contributed by atoms with Gasteiger partial charge in [-0.1, -0.05) is 0 Å². The maximum atomic E-state index is 13.1. The number of carbonyl (C=O) groups excluding carboxylic acids is 2. The molecule has 2 aliphatic rings. The molecule has 26 heavy (non-hydrogen) atoms. The van der Waals surface area contributed by atoms with Gasteiger partial charge in [0.25, 0.3) is 0 Å². The van der Waals surface area contributed by atoms with E-state index in [1.807, 2.05) is 4.90 Å². The topological polar surface area (TPSA) is 91.6 Å². The second kappa shape index (κ2) is 9.09. The van der Waals surface area contributed by atoms with Crippen LogP contribution in [0, 0.1) is 5.92 Å². The number of likely N-dealkylation sites (tertiary alicyclic amines) is 1. The van der Waals surface area contributed by atoms with E-state index >= 15 is 0 Å². The van der Waals surface area contributed by atoms with Gasteiger partial charge < -0.3 is 20.9 Å². The number of aromatic nitrogens is 1. The zero-order chi connectivity index (χ0) is 18.4. The zero-order valence-electron chi connectivity index (χ0n) is 15.3. The largest absolute Gasteiger partial charge is 0.341 e. The molecule has 1 atom stereocenters. The quantitative estimate of drug-likeness (QED) is 0.810. The van der Waals surface area contributed by atoms with Crippen LogP contribution < -0.4 is 16.0 Å². The second-order valence-corrected chi connectivity index (χ2v) is 7.17. The summed E-state index contributed by atoms with van der Waals surface area (Å²) in [7, 11) is 0. The molecule has 0 aliphatic carbocycles. The van der Waals surface area contributed by atoms with Crippen molar-refractivity contribution >= 4 is 17.5 Å². The average molecular weight is 359 g/mol. The van der Waals surface area contributed by atoms with Crippen LogP contribution in [0.15, 0.2) is 24.5 Å². The van der Waals surface area contributed by atoms with E-state index in [2.05, 4.69) is 10.3 Å². The molecule has 0 saturated carbocycles. The van der Waals surface area contributed by atoms with E-state index in [-0.39, 0.29) is 24.3 Å². The van der Waals surface area contributed by atoms with Crippen molar-refractivity contribution in [2.45, 2.75) is 38.1 Å². The van der Waals surface area contributed by atoms with Crippen molar-refractivity contribution in [3.8, 4) is 0 Å². The highest BCUT2D eigenvalue weighted by Crippen LogP contribution is 2.21. The third-order valence-electron chi connectivity index (χ3n) is 5.29. The van der Waals surface area contributed by atoms with Gasteiger partial charge in [0.15, 0.2) is 0 Å². The first kappa shape index (κ1) is 18.8. The summed E-state index contributed by atoms with van der Waals surface area (Å²) in [4.78, 5) is 33.4. The fourth-order valence-electron chi connectivity index (χ4n) is 3.76. The minimum Gasteiger partial charge on any atom is -0.341 e. The van der Waals surface area contributed by atoms with Crippen LogP contribution in [0.5, 0.6) is 0 Å². The molecule has 2 saturated heterocycles. The molecule has 142 valence electrons. The molecule has 7 heteroatoms. The van der Waals surface area contributed by atoms with Gasteiger partial charge in [0, 0.05) is 37.1 Å². The van der Waals surface area contributed by atoms with Crippen molar-refractivity contribution < 1.29 is 9.59 Å². The molecule has 2 amide bonds. The molecule has 1 aromatic heterocycles. The summed E-state index contributed by atoms with van der Waals surface area (Å²) in [5.74, 6) is -0.0248. The normalized spacial score (nSPS) is 19.8. The van der Waals surface area contributed by atoms with Gasteiger partial charge >= 0.3 is 0 Å². The Bertz CT molecular complexity index is 597. The summed E-state index contributed by atoms with van der Waals surface area (Å²) in [5, 5.41) is 3.28. The molecule has 0 spiro atoms. The van der Waals surface area contributed by atoms with Crippen molar-refractivity contribution in [2.24, 2.45) is 11.7 Å². The highest BCUT2D eigenvalue weighted by Gasteiger charge is 2.31. The van der Waals surface area contributed by atoms with E-state index in [1.54, 1.807) is 29.4 Å². The van der Waals surface area contributed by atoms with E-state index < -0.39 is 6.04 Å².